The number of nitrogens with zero attached hydrogens (tertiary/aromatic N) is 1. The molecule has 1 unspecified atom stereocenters. The lowest BCUT2D eigenvalue weighted by molar-refractivity contribution is -0.258. The molecule has 0 aliphatic heterocycles. The number of hydrogen-bond donors (Lipinski definition) is 1. The van der Waals surface area contributed by atoms with Crippen molar-refractivity contribution in [2.75, 3.05) is 14.1 Å². The zero-order valence-electron chi connectivity index (χ0n) is 8.29. The van der Waals surface area contributed by atoms with E-state index in [1.807, 2.05) is 0 Å². The third kappa shape index (κ3) is 3.19. The minimum absolute atomic E-state index is 0.226. The van der Waals surface area contributed by atoms with Gasteiger partial charge in [-0.2, -0.15) is 0 Å². The smallest absolute Gasteiger partial charge is 0.311 e. The molecule has 0 rings (SSSR count). The SMILES string of the molecule is CC(C)C(=O)OC(C)(O)N(C)C. The molecule has 0 aliphatic carbocycles. The monoisotopic (exact) mass is 175 g/mol. The molecule has 0 radical (unpaired) electrons. The molecule has 1 N–H and O–H groups in total. The minimum Gasteiger partial charge on any atom is -0.419 e. The highest BCUT2D eigenvalue weighted by Crippen LogP contribution is 2.11. The first kappa shape index (κ1) is 11.4. The maximum atomic E-state index is 11.1. The van der Waals surface area contributed by atoms with Gasteiger partial charge < -0.3 is 9.84 Å². The number of rotatable bonds is 3. The molecule has 0 spiro atoms. The Hall–Kier alpha value is -0.610. The van der Waals surface area contributed by atoms with Crippen molar-refractivity contribution in [3.63, 3.8) is 0 Å². The van der Waals surface area contributed by atoms with E-state index in [1.54, 1.807) is 27.9 Å². The third-order valence-electron chi connectivity index (χ3n) is 1.60. The van der Waals surface area contributed by atoms with E-state index in [4.69, 9.17) is 4.74 Å². The number of aliphatic hydroxyl groups is 1. The number of esters is 1. The van der Waals surface area contributed by atoms with E-state index in [0.29, 0.717) is 0 Å². The lowest BCUT2D eigenvalue weighted by Gasteiger charge is -2.30. The Balaban J connectivity index is 4.15. The first-order valence-electron chi connectivity index (χ1n) is 3.90. The second-order valence-electron chi connectivity index (χ2n) is 3.40. The zero-order chi connectivity index (χ0) is 9.94. The molecule has 0 heterocycles. The highest BCUT2D eigenvalue weighted by molar-refractivity contribution is 5.71. The van der Waals surface area contributed by atoms with Crippen molar-refractivity contribution in [2.24, 2.45) is 5.92 Å². The molecule has 0 bridgehead atoms. The Bertz CT molecular complexity index is 164. The van der Waals surface area contributed by atoms with Crippen LogP contribution < -0.4 is 0 Å². The minimum atomic E-state index is -1.51. The van der Waals surface area contributed by atoms with Gasteiger partial charge in [-0.3, -0.25) is 4.79 Å². The number of carbonyl (C=O) groups excluding carboxylic acids is 1. The summed E-state index contributed by atoms with van der Waals surface area (Å²) >= 11 is 0. The summed E-state index contributed by atoms with van der Waals surface area (Å²) in [5, 5.41) is 9.49. The lowest BCUT2D eigenvalue weighted by atomic mass is 10.2. The summed E-state index contributed by atoms with van der Waals surface area (Å²) in [7, 11) is 3.27. The van der Waals surface area contributed by atoms with E-state index < -0.39 is 11.9 Å². The molecule has 0 saturated heterocycles. The van der Waals surface area contributed by atoms with Crippen LogP contribution in [0.3, 0.4) is 0 Å². The van der Waals surface area contributed by atoms with Crippen LogP contribution in [0, 0.1) is 5.92 Å². The second kappa shape index (κ2) is 3.87. The quantitative estimate of drug-likeness (QED) is 0.498. The highest BCUT2D eigenvalue weighted by Gasteiger charge is 2.28. The van der Waals surface area contributed by atoms with Crippen molar-refractivity contribution in [3.8, 4) is 0 Å². The van der Waals surface area contributed by atoms with Gasteiger partial charge >= 0.3 is 5.97 Å². The van der Waals surface area contributed by atoms with Crippen molar-refractivity contribution in [1.29, 1.82) is 0 Å². The maximum Gasteiger partial charge on any atom is 0.311 e. The Morgan fingerprint density at radius 3 is 2.17 bits per heavy atom. The summed E-state index contributed by atoms with van der Waals surface area (Å²) in [5.74, 6) is -2.15. The van der Waals surface area contributed by atoms with Crippen molar-refractivity contribution >= 4 is 5.97 Å². The molecule has 0 saturated carbocycles. The molecule has 4 heteroatoms. The Labute approximate surface area is 73.1 Å². The molecule has 4 nitrogen and oxygen atoms in total. The van der Waals surface area contributed by atoms with Crippen LogP contribution in [-0.2, 0) is 9.53 Å². The predicted molar refractivity (Wildman–Crippen MR) is 45.2 cm³/mol. The first-order chi connectivity index (χ1) is 5.27. The topological polar surface area (TPSA) is 49.8 Å². The fraction of sp³-hybridized carbons (Fsp3) is 0.875. The fourth-order valence-electron chi connectivity index (χ4n) is 0.400. The van der Waals surface area contributed by atoms with Gasteiger partial charge in [-0.25, -0.2) is 4.90 Å². The molecule has 0 aromatic heterocycles. The van der Waals surface area contributed by atoms with Crippen LogP contribution in [-0.4, -0.2) is 36.0 Å². The van der Waals surface area contributed by atoms with E-state index in [9.17, 15) is 9.90 Å². The van der Waals surface area contributed by atoms with E-state index in [2.05, 4.69) is 0 Å². The van der Waals surface area contributed by atoms with Crippen molar-refractivity contribution in [2.45, 2.75) is 26.7 Å². The van der Waals surface area contributed by atoms with Crippen LogP contribution in [0.4, 0.5) is 0 Å². The van der Waals surface area contributed by atoms with Gasteiger partial charge in [0.2, 0.25) is 0 Å². The van der Waals surface area contributed by atoms with E-state index in [0.717, 1.165) is 0 Å². The molecular weight excluding hydrogens is 158 g/mol. The summed E-state index contributed by atoms with van der Waals surface area (Å²) in [5.41, 5.74) is 0. The van der Waals surface area contributed by atoms with Crippen molar-refractivity contribution in [1.82, 2.24) is 4.90 Å². The van der Waals surface area contributed by atoms with Gasteiger partial charge in [-0.05, 0) is 14.1 Å². The van der Waals surface area contributed by atoms with E-state index >= 15 is 0 Å². The highest BCUT2D eigenvalue weighted by atomic mass is 16.7. The van der Waals surface area contributed by atoms with E-state index in [-0.39, 0.29) is 5.92 Å². The van der Waals surface area contributed by atoms with E-state index in [1.165, 1.54) is 11.8 Å². The van der Waals surface area contributed by atoms with Crippen molar-refractivity contribution < 1.29 is 14.6 Å². The third-order valence-corrected chi connectivity index (χ3v) is 1.60. The summed E-state index contributed by atoms with van der Waals surface area (Å²) in [4.78, 5) is 12.5. The normalized spacial score (nSPS) is 16.3. The molecule has 0 aromatic carbocycles. The number of carbonyl (C=O) groups is 1. The predicted octanol–water partition coefficient (Wildman–Crippen LogP) is 0.413. The molecule has 0 aliphatic rings. The zero-order valence-corrected chi connectivity index (χ0v) is 8.29. The van der Waals surface area contributed by atoms with Gasteiger partial charge in [0.25, 0.3) is 5.91 Å². The average molecular weight is 175 g/mol. The van der Waals surface area contributed by atoms with Crippen LogP contribution in [0.5, 0.6) is 0 Å². The Morgan fingerprint density at radius 1 is 1.50 bits per heavy atom. The molecule has 0 fully saturated rings. The largest absolute Gasteiger partial charge is 0.419 e. The average Bonchev–Trinajstić information content (AvgIpc) is 1.85. The van der Waals surface area contributed by atoms with Crippen LogP contribution in [0.1, 0.15) is 20.8 Å². The summed E-state index contributed by atoms with van der Waals surface area (Å²) in [6, 6.07) is 0. The molecule has 0 aromatic rings. The van der Waals surface area contributed by atoms with Gasteiger partial charge in [-0.1, -0.05) is 13.8 Å². The van der Waals surface area contributed by atoms with Gasteiger partial charge in [0.15, 0.2) is 0 Å². The number of hydrogen-bond acceptors (Lipinski definition) is 4. The molecule has 12 heavy (non-hydrogen) atoms. The van der Waals surface area contributed by atoms with Crippen LogP contribution in [0.2, 0.25) is 0 Å². The summed E-state index contributed by atoms with van der Waals surface area (Å²) in [6.07, 6.45) is 0. The van der Waals surface area contributed by atoms with Gasteiger partial charge in [-0.15, -0.1) is 0 Å². The van der Waals surface area contributed by atoms with Crippen molar-refractivity contribution in [3.05, 3.63) is 0 Å². The Morgan fingerprint density at radius 2 is 1.92 bits per heavy atom. The molecule has 1 atom stereocenters. The fourth-order valence-corrected chi connectivity index (χ4v) is 0.400. The molecule has 0 amide bonds. The Kier molecular flexibility index (Phi) is 3.67. The van der Waals surface area contributed by atoms with Gasteiger partial charge in [0.1, 0.15) is 0 Å². The standard InChI is InChI=1S/C8H17NO3/c1-6(2)7(10)12-8(3,11)9(4)5/h6,11H,1-5H3. The number of ether oxygens (including phenoxy) is 1. The van der Waals surface area contributed by atoms with Gasteiger partial charge in [0.05, 0.1) is 5.92 Å². The lowest BCUT2D eigenvalue weighted by Crippen LogP contribution is -2.45. The first-order valence-corrected chi connectivity index (χ1v) is 3.90. The maximum absolute atomic E-state index is 11.1. The van der Waals surface area contributed by atoms with Crippen LogP contribution in [0.25, 0.3) is 0 Å². The summed E-state index contributed by atoms with van der Waals surface area (Å²) < 4.78 is 4.80. The van der Waals surface area contributed by atoms with Crippen LogP contribution in [0.15, 0.2) is 0 Å². The van der Waals surface area contributed by atoms with Gasteiger partial charge in [0, 0.05) is 6.92 Å². The molecular formula is C8H17NO3. The summed E-state index contributed by atoms with van der Waals surface area (Å²) in [6.45, 7) is 4.86. The van der Waals surface area contributed by atoms with Crippen LogP contribution >= 0.6 is 0 Å². The second-order valence-corrected chi connectivity index (χ2v) is 3.40. The molecule has 72 valence electrons.